The number of carbonyl (C=O) groups excluding carboxylic acids is 2. The van der Waals surface area contributed by atoms with Crippen molar-refractivity contribution in [1.29, 1.82) is 0 Å². The van der Waals surface area contributed by atoms with Gasteiger partial charge in [-0.1, -0.05) is 54.0 Å². The van der Waals surface area contributed by atoms with Crippen LogP contribution in [0.5, 0.6) is 0 Å². The second-order valence-electron chi connectivity index (χ2n) is 21.3. The smallest absolute Gasteiger partial charge is 0.309 e. The molecule has 0 amide bonds. The number of aliphatic carboxylic acids is 1. The number of carbonyl (C=O) groups is 3. The van der Waals surface area contributed by atoms with Crippen LogP contribution in [0.25, 0.3) is 0 Å². The van der Waals surface area contributed by atoms with Crippen LogP contribution in [0, 0.1) is 63.1 Å². The molecular weight excluding hydrogens is 709 g/mol. The molecule has 9 atom stereocenters. The van der Waals surface area contributed by atoms with Gasteiger partial charge in [0.2, 0.25) is 11.8 Å². The average molecular weight is 781 g/mol. The van der Waals surface area contributed by atoms with Crippen LogP contribution in [0.15, 0.2) is 15.6 Å². The Morgan fingerprint density at radius 3 is 2.25 bits per heavy atom. The quantitative estimate of drug-likeness (QED) is 0.192. The Balaban J connectivity index is 1.29. The highest BCUT2D eigenvalue weighted by atomic mass is 16.5. The highest BCUT2D eigenvalue weighted by Crippen LogP contribution is 2.77. The first kappa shape index (κ1) is 43.0. The van der Waals surface area contributed by atoms with Gasteiger partial charge in [-0.15, -0.1) is 10.2 Å². The molecule has 0 spiro atoms. The number of fused-ring (bicyclic) bond motifs is 7. The number of aliphatic hydroxyl groups is 1. The van der Waals surface area contributed by atoms with E-state index in [1.807, 2.05) is 0 Å². The molecular formula is C45H72N4O7. The summed E-state index contributed by atoms with van der Waals surface area (Å²) in [6.07, 6.45) is 6.92. The van der Waals surface area contributed by atoms with E-state index in [1.54, 1.807) is 20.8 Å². The molecule has 1 heterocycles. The lowest BCUT2D eigenvalue weighted by Gasteiger charge is -2.72. The molecule has 0 aliphatic heterocycles. The Morgan fingerprint density at radius 1 is 0.946 bits per heavy atom. The zero-order valence-corrected chi connectivity index (χ0v) is 36.6. The van der Waals surface area contributed by atoms with Crippen LogP contribution in [0.3, 0.4) is 0 Å². The van der Waals surface area contributed by atoms with Crippen LogP contribution in [-0.2, 0) is 25.7 Å². The van der Waals surface area contributed by atoms with Crippen LogP contribution < -0.4 is 0 Å². The van der Waals surface area contributed by atoms with Gasteiger partial charge in [0.1, 0.15) is 6.10 Å². The van der Waals surface area contributed by atoms with E-state index in [0.717, 1.165) is 70.0 Å². The summed E-state index contributed by atoms with van der Waals surface area (Å²) in [6.45, 7) is 23.8. The van der Waals surface area contributed by atoms with E-state index in [-0.39, 0.29) is 51.8 Å². The van der Waals surface area contributed by atoms with Crippen molar-refractivity contribution in [2.45, 2.75) is 152 Å². The minimum absolute atomic E-state index is 0.0255. The summed E-state index contributed by atoms with van der Waals surface area (Å²) in [5, 5.41) is 30.6. The van der Waals surface area contributed by atoms with Gasteiger partial charge in [0.15, 0.2) is 5.78 Å². The third-order valence-electron chi connectivity index (χ3n) is 16.7. The van der Waals surface area contributed by atoms with E-state index in [1.165, 1.54) is 5.57 Å². The molecule has 5 aliphatic carbocycles. The third kappa shape index (κ3) is 7.01. The third-order valence-corrected chi connectivity index (χ3v) is 16.7. The molecule has 1 aromatic heterocycles. The van der Waals surface area contributed by atoms with Crippen LogP contribution in [0.1, 0.15) is 138 Å². The molecule has 4 saturated carbocycles. The number of nitrogens with zero attached hydrogens (tertiary/aromatic N) is 4. The van der Waals surface area contributed by atoms with Crippen LogP contribution in [0.2, 0.25) is 0 Å². The number of rotatable bonds is 13. The monoisotopic (exact) mass is 781 g/mol. The number of allylic oxidation sites excluding steroid dienone is 1. The molecule has 56 heavy (non-hydrogen) atoms. The number of aromatic nitrogens is 2. The SMILES string of the molecule is Cc1nnc(CN(CCN(C)C)C[C@H](O)[C@@]23CC[C@]4(C)[C@H](CC[C@@H]5[C@@]6(C)CC[C@H](OC(=O)CC(C)(C)C(=O)O)C(C)(C)[C@@H]6CC[C@]54C)C2=C(C(C)C)C(=O)C3)o1. The largest absolute Gasteiger partial charge is 0.481 e. The number of hydrogen-bond acceptors (Lipinski definition) is 10. The van der Waals surface area contributed by atoms with Crippen molar-refractivity contribution in [3.8, 4) is 0 Å². The molecule has 2 N–H and O–H groups in total. The maximum atomic E-state index is 14.3. The molecule has 0 bridgehead atoms. The van der Waals surface area contributed by atoms with Gasteiger partial charge in [-0.3, -0.25) is 19.3 Å². The predicted molar refractivity (Wildman–Crippen MR) is 214 cm³/mol. The molecule has 314 valence electrons. The maximum Gasteiger partial charge on any atom is 0.309 e. The first-order valence-corrected chi connectivity index (χ1v) is 21.5. The summed E-state index contributed by atoms with van der Waals surface area (Å²) in [4.78, 5) is 43.6. The molecule has 11 heteroatoms. The van der Waals surface area contributed by atoms with Crippen molar-refractivity contribution in [3.05, 3.63) is 22.9 Å². The first-order chi connectivity index (χ1) is 25.9. The summed E-state index contributed by atoms with van der Waals surface area (Å²) in [6, 6.07) is 0. The fourth-order valence-corrected chi connectivity index (χ4v) is 13.5. The number of hydrogen-bond donors (Lipinski definition) is 2. The fourth-order valence-electron chi connectivity index (χ4n) is 13.5. The Bertz CT molecular complexity index is 1710. The highest BCUT2D eigenvalue weighted by molar-refractivity contribution is 6.00. The second-order valence-corrected chi connectivity index (χ2v) is 21.3. The summed E-state index contributed by atoms with van der Waals surface area (Å²) in [5.41, 5.74) is 0.245. The highest BCUT2D eigenvalue weighted by Gasteiger charge is 2.71. The van der Waals surface area contributed by atoms with Gasteiger partial charge < -0.3 is 24.3 Å². The first-order valence-electron chi connectivity index (χ1n) is 21.5. The number of Topliss-reactive ketones (excluding diaryl/α,β-unsaturated/α-hetero) is 1. The van der Waals surface area contributed by atoms with Gasteiger partial charge >= 0.3 is 11.9 Å². The molecule has 4 fully saturated rings. The van der Waals surface area contributed by atoms with Crippen LogP contribution in [0.4, 0.5) is 0 Å². The van der Waals surface area contributed by atoms with E-state index in [0.29, 0.717) is 43.1 Å². The normalized spacial score (nSPS) is 36.0. The van der Waals surface area contributed by atoms with Gasteiger partial charge in [-0.05, 0) is 125 Å². The van der Waals surface area contributed by atoms with E-state index in [4.69, 9.17) is 9.15 Å². The predicted octanol–water partition coefficient (Wildman–Crippen LogP) is 7.50. The van der Waals surface area contributed by atoms with Gasteiger partial charge in [0.25, 0.3) is 0 Å². The number of aliphatic hydroxyl groups excluding tert-OH is 1. The number of likely N-dealkylation sites (N-methyl/N-ethyl adjacent to an activating group) is 1. The van der Waals surface area contributed by atoms with Crippen molar-refractivity contribution >= 4 is 17.7 Å². The molecule has 11 nitrogen and oxygen atoms in total. The minimum Gasteiger partial charge on any atom is -0.481 e. The number of esters is 1. The second kappa shape index (κ2) is 14.9. The van der Waals surface area contributed by atoms with Gasteiger partial charge in [0, 0.05) is 43.8 Å². The molecule has 5 aliphatic rings. The molecule has 1 aromatic rings. The van der Waals surface area contributed by atoms with E-state index >= 15 is 0 Å². The Kier molecular flexibility index (Phi) is 11.4. The van der Waals surface area contributed by atoms with Gasteiger partial charge in [-0.25, -0.2) is 0 Å². The Labute approximate surface area is 335 Å². The van der Waals surface area contributed by atoms with Gasteiger partial charge in [0.05, 0.1) is 24.5 Å². The summed E-state index contributed by atoms with van der Waals surface area (Å²) >= 11 is 0. The van der Waals surface area contributed by atoms with Crippen LogP contribution >= 0.6 is 0 Å². The van der Waals surface area contributed by atoms with Gasteiger partial charge in [-0.2, -0.15) is 0 Å². The van der Waals surface area contributed by atoms with E-state index in [9.17, 15) is 24.6 Å². The number of aryl methyl sites for hydroxylation is 1. The lowest BCUT2D eigenvalue weighted by Crippen LogP contribution is -2.66. The summed E-state index contributed by atoms with van der Waals surface area (Å²) in [7, 11) is 4.10. The van der Waals surface area contributed by atoms with Crippen molar-refractivity contribution in [2.75, 3.05) is 33.7 Å². The van der Waals surface area contributed by atoms with E-state index < -0.39 is 28.9 Å². The number of ketones is 1. The lowest BCUT2D eigenvalue weighted by molar-refractivity contribution is -0.235. The topological polar surface area (TPSA) is 146 Å². The maximum absolute atomic E-state index is 14.3. The average Bonchev–Trinajstić information content (AvgIpc) is 3.64. The summed E-state index contributed by atoms with van der Waals surface area (Å²) < 4.78 is 12.0. The standard InChI is InChI=1S/C45H72N4O7/c1-27(2)37-30(50)23-45(33(51)25-49(22-21-48(11)12)26-35-47-46-28(3)55-35)20-19-43(9)29(38(37)45)13-14-32-42(8)17-16-34(56-36(52)24-40(4,5)39(53)54)41(6,7)31(42)15-18-44(32,43)10/h27,29,31-34,51H,13-26H2,1-12H3,(H,53,54)/t29-,31+,32-,33+,34+,42+,43-,44-,45+/m1/s1. The Morgan fingerprint density at radius 2 is 1.64 bits per heavy atom. The van der Waals surface area contributed by atoms with E-state index in [2.05, 4.69) is 82.6 Å². The molecule has 0 unspecified atom stereocenters. The molecule has 0 aromatic carbocycles. The van der Waals surface area contributed by atoms with Crippen molar-refractivity contribution < 1.29 is 33.8 Å². The minimum atomic E-state index is -1.17. The molecule has 0 saturated heterocycles. The van der Waals surface area contributed by atoms with Crippen molar-refractivity contribution in [1.82, 2.24) is 20.0 Å². The molecule has 6 rings (SSSR count). The fraction of sp³-hybridized carbons (Fsp3) is 0.844. The van der Waals surface area contributed by atoms with Crippen molar-refractivity contribution in [2.24, 2.45) is 56.2 Å². The zero-order valence-electron chi connectivity index (χ0n) is 36.6. The van der Waals surface area contributed by atoms with Crippen LogP contribution in [-0.4, -0.2) is 93.9 Å². The van der Waals surface area contributed by atoms with Crippen molar-refractivity contribution in [3.63, 3.8) is 0 Å². The number of ether oxygens (including phenoxy) is 1. The number of carboxylic acids is 1. The number of carboxylic acid groups (broad SMARTS) is 1. The summed E-state index contributed by atoms with van der Waals surface area (Å²) in [5.74, 6) is 0.977. The lowest BCUT2D eigenvalue weighted by atomic mass is 9.33. The Hall–Kier alpha value is -2.63. The zero-order chi connectivity index (χ0) is 41.4. The molecule has 0 radical (unpaired) electrons.